The average molecular weight is 162 g/mol. The molecule has 0 spiro atoms. The molecule has 0 radical (unpaired) electrons. The molecule has 0 unspecified atom stereocenters. The molecule has 3 nitrogen and oxygen atoms in total. The Balaban J connectivity index is 2.97. The van der Waals surface area contributed by atoms with E-state index >= 15 is 0 Å². The molecule has 0 heterocycles. The summed E-state index contributed by atoms with van der Waals surface area (Å²) in [6.07, 6.45) is 1.71. The lowest BCUT2D eigenvalue weighted by Crippen LogP contribution is -2.21. The zero-order chi connectivity index (χ0) is 8.53. The summed E-state index contributed by atoms with van der Waals surface area (Å²) >= 11 is 0. The van der Waals surface area contributed by atoms with Crippen LogP contribution in [-0.2, 0) is 9.47 Å². The summed E-state index contributed by atoms with van der Waals surface area (Å²) in [5.41, 5.74) is 0. The van der Waals surface area contributed by atoms with E-state index in [-0.39, 0.29) is 0 Å². The van der Waals surface area contributed by atoms with E-state index < -0.39 is 6.10 Å². The summed E-state index contributed by atoms with van der Waals surface area (Å²) in [5, 5.41) is 9.10. The lowest BCUT2D eigenvalue weighted by molar-refractivity contribution is -0.00658. The smallest absolute Gasteiger partial charge is 0.101 e. The molecule has 0 aliphatic heterocycles. The molecule has 0 fully saturated rings. The van der Waals surface area contributed by atoms with Crippen molar-refractivity contribution in [2.45, 2.75) is 25.9 Å². The van der Waals surface area contributed by atoms with Crippen molar-refractivity contribution in [1.82, 2.24) is 0 Å². The summed E-state index contributed by atoms with van der Waals surface area (Å²) in [6, 6.07) is 0. The minimum atomic E-state index is -0.475. The van der Waals surface area contributed by atoms with Gasteiger partial charge in [0.25, 0.3) is 0 Å². The molecule has 11 heavy (non-hydrogen) atoms. The van der Waals surface area contributed by atoms with Crippen molar-refractivity contribution in [1.29, 1.82) is 0 Å². The molecule has 0 amide bonds. The topological polar surface area (TPSA) is 38.7 Å². The third kappa shape index (κ3) is 7.78. The van der Waals surface area contributed by atoms with E-state index in [0.717, 1.165) is 19.4 Å². The Labute approximate surface area is 68.3 Å². The van der Waals surface area contributed by atoms with E-state index in [2.05, 4.69) is 6.92 Å². The third-order valence-corrected chi connectivity index (χ3v) is 1.31. The van der Waals surface area contributed by atoms with E-state index in [9.17, 15) is 0 Å². The van der Waals surface area contributed by atoms with E-state index in [0.29, 0.717) is 13.2 Å². The number of methoxy groups -OCH3 is 1. The molecule has 0 aromatic rings. The van der Waals surface area contributed by atoms with Crippen LogP contribution >= 0.6 is 0 Å². The SMILES string of the molecule is CCCCOC[C@H](O)COC. The molecule has 0 aliphatic rings. The zero-order valence-corrected chi connectivity index (χ0v) is 7.38. The van der Waals surface area contributed by atoms with Crippen LogP contribution in [0.3, 0.4) is 0 Å². The van der Waals surface area contributed by atoms with Gasteiger partial charge in [-0.25, -0.2) is 0 Å². The lowest BCUT2D eigenvalue weighted by Gasteiger charge is -2.09. The number of rotatable bonds is 7. The van der Waals surface area contributed by atoms with Crippen LogP contribution in [0.1, 0.15) is 19.8 Å². The van der Waals surface area contributed by atoms with Gasteiger partial charge in [-0.2, -0.15) is 0 Å². The fourth-order valence-electron chi connectivity index (χ4n) is 0.706. The van der Waals surface area contributed by atoms with Crippen molar-refractivity contribution >= 4 is 0 Å². The van der Waals surface area contributed by atoms with E-state index in [1.807, 2.05) is 0 Å². The van der Waals surface area contributed by atoms with Crippen LogP contribution in [0.25, 0.3) is 0 Å². The maximum Gasteiger partial charge on any atom is 0.101 e. The molecular formula is C8H18O3. The zero-order valence-electron chi connectivity index (χ0n) is 7.38. The highest BCUT2D eigenvalue weighted by molar-refractivity contribution is 4.49. The molecule has 0 aliphatic carbocycles. The van der Waals surface area contributed by atoms with Gasteiger partial charge in [0, 0.05) is 13.7 Å². The van der Waals surface area contributed by atoms with Gasteiger partial charge in [-0.05, 0) is 6.42 Å². The van der Waals surface area contributed by atoms with Gasteiger partial charge in [-0.15, -0.1) is 0 Å². The minimum absolute atomic E-state index is 0.353. The number of aliphatic hydroxyl groups excluding tert-OH is 1. The number of hydrogen-bond donors (Lipinski definition) is 1. The van der Waals surface area contributed by atoms with Crippen molar-refractivity contribution in [3.8, 4) is 0 Å². The fraction of sp³-hybridized carbons (Fsp3) is 1.00. The van der Waals surface area contributed by atoms with E-state index in [4.69, 9.17) is 14.6 Å². The first-order valence-electron chi connectivity index (χ1n) is 4.06. The van der Waals surface area contributed by atoms with Gasteiger partial charge in [0.05, 0.1) is 13.2 Å². The number of unbranched alkanes of at least 4 members (excludes halogenated alkanes) is 1. The maximum absolute atomic E-state index is 9.10. The van der Waals surface area contributed by atoms with Crippen molar-refractivity contribution in [2.75, 3.05) is 26.9 Å². The second kappa shape index (κ2) is 7.98. The Morgan fingerprint density at radius 1 is 1.36 bits per heavy atom. The number of hydrogen-bond acceptors (Lipinski definition) is 3. The predicted octanol–water partition coefficient (Wildman–Crippen LogP) is 0.810. The summed E-state index contributed by atoms with van der Waals surface area (Å²) in [5.74, 6) is 0. The predicted molar refractivity (Wildman–Crippen MR) is 43.6 cm³/mol. The standard InChI is InChI=1S/C8H18O3/c1-3-4-5-11-7-8(9)6-10-2/h8-9H,3-7H2,1-2H3/t8-/m1/s1. The first-order valence-corrected chi connectivity index (χ1v) is 4.06. The number of aliphatic hydroxyl groups is 1. The van der Waals surface area contributed by atoms with Gasteiger partial charge in [-0.1, -0.05) is 13.3 Å². The van der Waals surface area contributed by atoms with Crippen LogP contribution in [-0.4, -0.2) is 38.1 Å². The largest absolute Gasteiger partial charge is 0.388 e. The summed E-state index contributed by atoms with van der Waals surface area (Å²) in [6.45, 7) is 3.58. The fourth-order valence-corrected chi connectivity index (χ4v) is 0.706. The molecule has 0 saturated heterocycles. The van der Waals surface area contributed by atoms with Crippen LogP contribution in [0.4, 0.5) is 0 Å². The molecule has 3 heteroatoms. The Morgan fingerprint density at radius 3 is 2.64 bits per heavy atom. The summed E-state index contributed by atoms with van der Waals surface area (Å²) in [4.78, 5) is 0. The Hall–Kier alpha value is -0.120. The highest BCUT2D eigenvalue weighted by Crippen LogP contribution is 1.90. The first kappa shape index (κ1) is 10.9. The third-order valence-electron chi connectivity index (χ3n) is 1.31. The average Bonchev–Trinajstić information content (AvgIpc) is 1.99. The Morgan fingerprint density at radius 2 is 2.09 bits per heavy atom. The van der Waals surface area contributed by atoms with Gasteiger partial charge >= 0.3 is 0 Å². The molecule has 0 saturated carbocycles. The van der Waals surface area contributed by atoms with Crippen molar-refractivity contribution in [3.05, 3.63) is 0 Å². The second-order valence-electron chi connectivity index (χ2n) is 2.54. The van der Waals surface area contributed by atoms with Crippen LogP contribution in [0, 0.1) is 0 Å². The first-order chi connectivity index (χ1) is 5.31. The van der Waals surface area contributed by atoms with Crippen molar-refractivity contribution in [2.24, 2.45) is 0 Å². The molecule has 68 valence electrons. The quantitative estimate of drug-likeness (QED) is 0.563. The van der Waals surface area contributed by atoms with Gasteiger partial charge < -0.3 is 14.6 Å². The highest BCUT2D eigenvalue weighted by Gasteiger charge is 2.01. The molecule has 0 bridgehead atoms. The van der Waals surface area contributed by atoms with Crippen molar-refractivity contribution < 1.29 is 14.6 Å². The monoisotopic (exact) mass is 162 g/mol. The highest BCUT2D eigenvalue weighted by atomic mass is 16.5. The van der Waals surface area contributed by atoms with E-state index in [1.54, 1.807) is 7.11 Å². The van der Waals surface area contributed by atoms with Crippen LogP contribution in [0.5, 0.6) is 0 Å². The molecule has 0 aromatic heterocycles. The van der Waals surface area contributed by atoms with Crippen LogP contribution < -0.4 is 0 Å². The molecular weight excluding hydrogens is 144 g/mol. The minimum Gasteiger partial charge on any atom is -0.388 e. The number of ether oxygens (including phenoxy) is 2. The van der Waals surface area contributed by atoms with Gasteiger partial charge in [0.1, 0.15) is 6.10 Å². The van der Waals surface area contributed by atoms with Gasteiger partial charge in [0.2, 0.25) is 0 Å². The Bertz CT molecular complexity index is 75.7. The summed E-state index contributed by atoms with van der Waals surface area (Å²) in [7, 11) is 1.56. The van der Waals surface area contributed by atoms with Gasteiger partial charge in [0.15, 0.2) is 0 Å². The molecule has 0 rings (SSSR count). The lowest BCUT2D eigenvalue weighted by atomic mass is 10.3. The van der Waals surface area contributed by atoms with Gasteiger partial charge in [-0.3, -0.25) is 0 Å². The maximum atomic E-state index is 9.10. The van der Waals surface area contributed by atoms with Crippen LogP contribution in [0.2, 0.25) is 0 Å². The normalized spacial score (nSPS) is 13.4. The van der Waals surface area contributed by atoms with Crippen LogP contribution in [0.15, 0.2) is 0 Å². The second-order valence-corrected chi connectivity index (χ2v) is 2.54. The van der Waals surface area contributed by atoms with E-state index in [1.165, 1.54) is 0 Å². The van der Waals surface area contributed by atoms with Crippen molar-refractivity contribution in [3.63, 3.8) is 0 Å². The molecule has 1 atom stereocenters. The molecule has 0 aromatic carbocycles. The summed E-state index contributed by atoms with van der Waals surface area (Å²) < 4.78 is 9.89. The Kier molecular flexibility index (Phi) is 7.89. The molecule has 1 N–H and O–H groups in total.